The number of halogens is 3. The van der Waals surface area contributed by atoms with E-state index in [9.17, 15) is 13.2 Å². The third-order valence-electron chi connectivity index (χ3n) is 4.91. The van der Waals surface area contributed by atoms with E-state index in [0.717, 1.165) is 43.5 Å². The first-order valence-electron chi connectivity index (χ1n) is 8.74. The molecule has 0 spiro atoms. The molecule has 1 aromatic heterocycles. The molecule has 2 heterocycles. The number of benzene rings is 1. The Labute approximate surface area is 151 Å². The topological polar surface area (TPSA) is 32.3 Å². The van der Waals surface area contributed by atoms with Crippen molar-refractivity contribution in [3.8, 4) is 0 Å². The third-order valence-corrected chi connectivity index (χ3v) is 4.91. The summed E-state index contributed by atoms with van der Waals surface area (Å²) in [5.41, 5.74) is 1.01. The van der Waals surface area contributed by atoms with Gasteiger partial charge in [-0.15, -0.1) is 5.10 Å². The zero-order valence-electron chi connectivity index (χ0n) is 15.0. The van der Waals surface area contributed by atoms with E-state index in [0.29, 0.717) is 18.2 Å². The largest absolute Gasteiger partial charge is 0.416 e. The van der Waals surface area contributed by atoms with Crippen LogP contribution in [0.25, 0.3) is 0 Å². The first kappa shape index (κ1) is 18.6. The summed E-state index contributed by atoms with van der Waals surface area (Å²) in [6, 6.07) is 9.89. The zero-order valence-corrected chi connectivity index (χ0v) is 15.0. The second-order valence-electron chi connectivity index (χ2n) is 6.85. The second kappa shape index (κ2) is 7.61. The molecule has 1 aliphatic heterocycles. The molecule has 0 unspecified atom stereocenters. The minimum Gasteiger partial charge on any atom is -0.355 e. The van der Waals surface area contributed by atoms with Crippen LogP contribution in [0, 0.1) is 6.92 Å². The van der Waals surface area contributed by atoms with Crippen LogP contribution in [0.3, 0.4) is 0 Å². The normalized spacial score (nSPS) is 16.7. The number of rotatable bonds is 4. The number of alkyl halides is 3. The van der Waals surface area contributed by atoms with Crippen LogP contribution >= 0.6 is 0 Å². The highest BCUT2D eigenvalue weighted by Crippen LogP contribution is 2.30. The van der Waals surface area contributed by atoms with Crippen molar-refractivity contribution in [1.29, 1.82) is 0 Å². The van der Waals surface area contributed by atoms with Gasteiger partial charge in [0.2, 0.25) is 0 Å². The summed E-state index contributed by atoms with van der Waals surface area (Å²) in [5.74, 6) is 0.854. The molecule has 140 valence electrons. The molecule has 7 heteroatoms. The van der Waals surface area contributed by atoms with Crippen molar-refractivity contribution >= 4 is 5.82 Å². The summed E-state index contributed by atoms with van der Waals surface area (Å²) >= 11 is 0. The van der Waals surface area contributed by atoms with Gasteiger partial charge in [0.15, 0.2) is 5.82 Å². The lowest BCUT2D eigenvalue weighted by atomic mass is 10.0. The second-order valence-corrected chi connectivity index (χ2v) is 6.85. The average molecular weight is 364 g/mol. The fraction of sp³-hybridized carbons (Fsp3) is 0.474. The number of nitrogens with zero attached hydrogens (tertiary/aromatic N) is 4. The lowest BCUT2D eigenvalue weighted by Gasteiger charge is -2.37. The predicted octanol–water partition coefficient (Wildman–Crippen LogP) is 3.90. The Morgan fingerprint density at radius 3 is 2.46 bits per heavy atom. The van der Waals surface area contributed by atoms with Crippen LogP contribution in [-0.4, -0.2) is 41.3 Å². The summed E-state index contributed by atoms with van der Waals surface area (Å²) in [6.07, 6.45) is -2.39. The van der Waals surface area contributed by atoms with Crippen LogP contribution in [0.2, 0.25) is 0 Å². The third kappa shape index (κ3) is 4.52. The molecule has 2 aromatic rings. The molecular weight excluding hydrogens is 341 g/mol. The number of piperidine rings is 1. The number of aromatic nitrogens is 2. The number of aryl methyl sites for hydroxylation is 1. The maximum atomic E-state index is 12.8. The highest BCUT2D eigenvalue weighted by atomic mass is 19.4. The maximum absolute atomic E-state index is 12.8. The van der Waals surface area contributed by atoms with Crippen LogP contribution < -0.4 is 4.90 Å². The Kier molecular flexibility index (Phi) is 5.46. The SMILES string of the molecule is Cc1ccc(N(C)C2CCN(Cc3cccc(C(F)(F)F)c3)CC2)nn1. The average Bonchev–Trinajstić information content (AvgIpc) is 2.62. The Morgan fingerprint density at radius 2 is 1.85 bits per heavy atom. The molecule has 0 aliphatic carbocycles. The van der Waals surface area contributed by atoms with Crippen molar-refractivity contribution in [3.63, 3.8) is 0 Å². The van der Waals surface area contributed by atoms with Gasteiger partial charge in [-0.2, -0.15) is 18.3 Å². The zero-order chi connectivity index (χ0) is 18.7. The minimum atomic E-state index is -4.29. The molecule has 0 radical (unpaired) electrons. The van der Waals surface area contributed by atoms with Crippen molar-refractivity contribution in [2.24, 2.45) is 0 Å². The van der Waals surface area contributed by atoms with Gasteiger partial charge in [0.05, 0.1) is 11.3 Å². The number of hydrogen-bond acceptors (Lipinski definition) is 4. The Hall–Kier alpha value is -2.15. The van der Waals surface area contributed by atoms with Crippen molar-refractivity contribution in [2.75, 3.05) is 25.0 Å². The predicted molar refractivity (Wildman–Crippen MR) is 94.9 cm³/mol. The van der Waals surface area contributed by atoms with Gasteiger partial charge in [-0.05, 0) is 43.5 Å². The quantitative estimate of drug-likeness (QED) is 0.824. The lowest BCUT2D eigenvalue weighted by Crippen LogP contribution is -2.43. The number of anilines is 1. The molecule has 0 amide bonds. The van der Waals surface area contributed by atoms with Crippen LogP contribution in [-0.2, 0) is 12.7 Å². The fourth-order valence-corrected chi connectivity index (χ4v) is 3.34. The number of hydrogen-bond donors (Lipinski definition) is 0. The summed E-state index contributed by atoms with van der Waals surface area (Å²) in [6.45, 7) is 4.16. The maximum Gasteiger partial charge on any atom is 0.416 e. The van der Waals surface area contributed by atoms with Crippen LogP contribution in [0.4, 0.5) is 19.0 Å². The molecule has 1 fully saturated rings. The molecule has 4 nitrogen and oxygen atoms in total. The molecule has 0 saturated carbocycles. The molecule has 0 bridgehead atoms. The lowest BCUT2D eigenvalue weighted by molar-refractivity contribution is -0.137. The van der Waals surface area contributed by atoms with E-state index in [1.807, 2.05) is 26.1 Å². The van der Waals surface area contributed by atoms with Crippen molar-refractivity contribution in [2.45, 2.75) is 38.5 Å². The molecule has 1 saturated heterocycles. The molecule has 1 aromatic carbocycles. The van der Waals surface area contributed by atoms with E-state index in [1.165, 1.54) is 12.1 Å². The van der Waals surface area contributed by atoms with Crippen LogP contribution in [0.15, 0.2) is 36.4 Å². The van der Waals surface area contributed by atoms with Crippen molar-refractivity contribution in [1.82, 2.24) is 15.1 Å². The first-order chi connectivity index (χ1) is 12.3. The Morgan fingerprint density at radius 1 is 1.12 bits per heavy atom. The van der Waals surface area contributed by atoms with Crippen LogP contribution in [0.5, 0.6) is 0 Å². The Balaban J connectivity index is 1.56. The first-order valence-corrected chi connectivity index (χ1v) is 8.74. The summed E-state index contributed by atoms with van der Waals surface area (Å²) < 4.78 is 38.5. The highest BCUT2D eigenvalue weighted by molar-refractivity contribution is 5.37. The molecular formula is C19H23F3N4. The van der Waals surface area contributed by atoms with Gasteiger partial charge in [-0.25, -0.2) is 0 Å². The van der Waals surface area contributed by atoms with Crippen molar-refractivity contribution < 1.29 is 13.2 Å². The fourth-order valence-electron chi connectivity index (χ4n) is 3.34. The molecule has 26 heavy (non-hydrogen) atoms. The van der Waals surface area contributed by atoms with Gasteiger partial charge in [0.1, 0.15) is 0 Å². The van der Waals surface area contributed by atoms with E-state index in [-0.39, 0.29) is 0 Å². The summed E-state index contributed by atoms with van der Waals surface area (Å²) in [7, 11) is 2.02. The molecule has 3 rings (SSSR count). The standard InChI is InChI=1S/C19H23F3N4/c1-14-6-7-18(24-23-14)25(2)17-8-10-26(11-9-17)13-15-4-3-5-16(12-15)19(20,21)22/h3-7,12,17H,8-11,13H2,1-2H3. The van der Waals surface area contributed by atoms with E-state index in [2.05, 4.69) is 20.0 Å². The molecule has 1 aliphatic rings. The van der Waals surface area contributed by atoms with E-state index in [4.69, 9.17) is 0 Å². The van der Waals surface area contributed by atoms with Gasteiger partial charge in [0.25, 0.3) is 0 Å². The van der Waals surface area contributed by atoms with Gasteiger partial charge in [0, 0.05) is 32.7 Å². The highest BCUT2D eigenvalue weighted by Gasteiger charge is 2.30. The smallest absolute Gasteiger partial charge is 0.355 e. The Bertz CT molecular complexity index is 722. The number of likely N-dealkylation sites (tertiary alicyclic amines) is 1. The van der Waals surface area contributed by atoms with E-state index < -0.39 is 11.7 Å². The van der Waals surface area contributed by atoms with E-state index >= 15 is 0 Å². The monoisotopic (exact) mass is 364 g/mol. The summed E-state index contributed by atoms with van der Waals surface area (Å²) in [5, 5.41) is 8.33. The summed E-state index contributed by atoms with van der Waals surface area (Å²) in [4.78, 5) is 4.36. The van der Waals surface area contributed by atoms with E-state index in [1.54, 1.807) is 6.07 Å². The molecule has 0 atom stereocenters. The van der Waals surface area contributed by atoms with Crippen LogP contribution in [0.1, 0.15) is 29.7 Å². The minimum absolute atomic E-state index is 0.366. The van der Waals surface area contributed by atoms with Crippen molar-refractivity contribution in [3.05, 3.63) is 53.2 Å². The van der Waals surface area contributed by atoms with Gasteiger partial charge < -0.3 is 4.90 Å². The van der Waals surface area contributed by atoms with Gasteiger partial charge in [-0.3, -0.25) is 4.90 Å². The molecule has 0 N–H and O–H groups in total. The van der Waals surface area contributed by atoms with Gasteiger partial charge >= 0.3 is 6.18 Å². The van der Waals surface area contributed by atoms with Gasteiger partial charge in [-0.1, -0.05) is 18.2 Å².